The number of nitrogens with one attached hydrogen (secondary N) is 2. The molecular weight excluding hydrogens is 354 g/mol. The van der Waals surface area contributed by atoms with Crippen LogP contribution < -0.4 is 10.6 Å². The van der Waals surface area contributed by atoms with Gasteiger partial charge >= 0.3 is 5.97 Å². The zero-order valence-electron chi connectivity index (χ0n) is 14.0. The van der Waals surface area contributed by atoms with Gasteiger partial charge in [0.15, 0.2) is 5.13 Å². The van der Waals surface area contributed by atoms with Crippen LogP contribution in [0.4, 0.5) is 10.8 Å². The summed E-state index contributed by atoms with van der Waals surface area (Å²) in [5.74, 6) is -2.76. The largest absolute Gasteiger partial charge is 0.481 e. The molecule has 3 rings (SSSR count). The molecule has 1 aliphatic rings. The summed E-state index contributed by atoms with van der Waals surface area (Å²) in [4.78, 5) is 40.2. The lowest BCUT2D eigenvalue weighted by molar-refractivity contribution is -0.147. The average Bonchev–Trinajstić information content (AvgIpc) is 3.15. The van der Waals surface area contributed by atoms with E-state index in [-0.39, 0.29) is 11.8 Å². The molecule has 2 amide bonds. The molecule has 0 radical (unpaired) electrons. The molecule has 2 atom stereocenters. The first-order valence-corrected chi connectivity index (χ1v) is 9.27. The Morgan fingerprint density at radius 1 is 1.12 bits per heavy atom. The van der Waals surface area contributed by atoms with E-state index in [1.165, 1.54) is 11.3 Å². The van der Waals surface area contributed by atoms with Crippen LogP contribution in [-0.4, -0.2) is 27.9 Å². The molecule has 2 aromatic rings. The van der Waals surface area contributed by atoms with Gasteiger partial charge in [-0.3, -0.25) is 19.7 Å². The van der Waals surface area contributed by atoms with E-state index in [4.69, 9.17) is 0 Å². The number of nitrogens with zero attached hydrogens (tertiary/aromatic N) is 1. The molecule has 8 heteroatoms. The lowest BCUT2D eigenvalue weighted by Gasteiger charge is -2.27. The van der Waals surface area contributed by atoms with Crippen molar-refractivity contribution in [1.82, 2.24) is 4.98 Å². The van der Waals surface area contributed by atoms with Crippen molar-refractivity contribution in [2.45, 2.75) is 25.7 Å². The number of amides is 2. The Balaban J connectivity index is 1.68. The Morgan fingerprint density at radius 2 is 1.88 bits per heavy atom. The fourth-order valence-corrected chi connectivity index (χ4v) is 3.69. The van der Waals surface area contributed by atoms with Gasteiger partial charge in [-0.05, 0) is 31.0 Å². The van der Waals surface area contributed by atoms with Crippen molar-refractivity contribution < 1.29 is 19.5 Å². The van der Waals surface area contributed by atoms with E-state index in [1.807, 2.05) is 0 Å². The first-order chi connectivity index (χ1) is 12.5. The number of carbonyl (C=O) groups is 3. The fourth-order valence-electron chi connectivity index (χ4n) is 3.17. The van der Waals surface area contributed by atoms with Crippen LogP contribution in [0, 0.1) is 11.8 Å². The number of thiazole rings is 1. The minimum Gasteiger partial charge on any atom is -0.481 e. The van der Waals surface area contributed by atoms with Gasteiger partial charge in [0.05, 0.1) is 11.8 Å². The third-order valence-corrected chi connectivity index (χ3v) is 5.15. The quantitative estimate of drug-likeness (QED) is 0.746. The Bertz CT molecular complexity index is 807. The average molecular weight is 373 g/mol. The number of carboxylic acids is 1. The molecule has 136 valence electrons. The molecule has 1 fully saturated rings. The van der Waals surface area contributed by atoms with E-state index in [0.717, 1.165) is 12.8 Å². The van der Waals surface area contributed by atoms with Crippen molar-refractivity contribution in [1.29, 1.82) is 0 Å². The predicted molar refractivity (Wildman–Crippen MR) is 98.2 cm³/mol. The minimum atomic E-state index is -0.929. The molecule has 0 unspecified atom stereocenters. The van der Waals surface area contributed by atoms with Crippen LogP contribution in [0.1, 0.15) is 36.0 Å². The molecule has 1 saturated carbocycles. The van der Waals surface area contributed by atoms with E-state index in [0.29, 0.717) is 29.2 Å². The van der Waals surface area contributed by atoms with Gasteiger partial charge in [-0.15, -0.1) is 11.3 Å². The maximum Gasteiger partial charge on any atom is 0.307 e. The van der Waals surface area contributed by atoms with Crippen molar-refractivity contribution in [2.75, 3.05) is 10.6 Å². The molecule has 26 heavy (non-hydrogen) atoms. The third-order valence-electron chi connectivity index (χ3n) is 4.47. The van der Waals surface area contributed by atoms with E-state index >= 15 is 0 Å². The molecule has 0 saturated heterocycles. The first-order valence-electron chi connectivity index (χ1n) is 8.39. The smallest absolute Gasteiger partial charge is 0.307 e. The Labute approximate surface area is 154 Å². The van der Waals surface area contributed by atoms with E-state index in [9.17, 15) is 19.5 Å². The number of carboxylic acid groups (broad SMARTS) is 1. The van der Waals surface area contributed by atoms with Crippen LogP contribution in [0.3, 0.4) is 0 Å². The van der Waals surface area contributed by atoms with Crippen LogP contribution in [0.2, 0.25) is 0 Å². The maximum absolute atomic E-state index is 12.5. The maximum atomic E-state index is 12.5. The van der Waals surface area contributed by atoms with Crippen LogP contribution >= 0.6 is 11.3 Å². The molecule has 1 aromatic carbocycles. The van der Waals surface area contributed by atoms with Gasteiger partial charge in [-0.25, -0.2) is 4.98 Å². The summed E-state index contributed by atoms with van der Waals surface area (Å²) in [6, 6.07) is 6.55. The highest BCUT2D eigenvalue weighted by molar-refractivity contribution is 7.13. The van der Waals surface area contributed by atoms with Crippen molar-refractivity contribution >= 4 is 39.9 Å². The van der Waals surface area contributed by atoms with E-state index < -0.39 is 17.8 Å². The Hall–Kier alpha value is -2.74. The lowest BCUT2D eigenvalue weighted by Crippen LogP contribution is -2.36. The summed E-state index contributed by atoms with van der Waals surface area (Å²) in [6.45, 7) is 0. The van der Waals surface area contributed by atoms with Crippen molar-refractivity contribution in [3.8, 4) is 0 Å². The number of aromatic nitrogens is 1. The van der Waals surface area contributed by atoms with Crippen LogP contribution in [-0.2, 0) is 9.59 Å². The highest BCUT2D eigenvalue weighted by Gasteiger charge is 2.35. The van der Waals surface area contributed by atoms with Crippen LogP contribution in [0.5, 0.6) is 0 Å². The highest BCUT2D eigenvalue weighted by atomic mass is 32.1. The summed E-state index contributed by atoms with van der Waals surface area (Å²) in [7, 11) is 0. The van der Waals surface area contributed by atoms with Crippen molar-refractivity contribution in [2.24, 2.45) is 11.8 Å². The predicted octanol–water partition coefficient (Wildman–Crippen LogP) is 3.22. The summed E-state index contributed by atoms with van der Waals surface area (Å²) < 4.78 is 0. The summed E-state index contributed by atoms with van der Waals surface area (Å²) in [5.41, 5.74) is 0.855. The number of aliphatic carboxylic acids is 1. The molecule has 1 heterocycles. The monoisotopic (exact) mass is 373 g/mol. The van der Waals surface area contributed by atoms with Crippen molar-refractivity contribution in [3.63, 3.8) is 0 Å². The molecule has 1 aromatic heterocycles. The second kappa shape index (κ2) is 8.09. The molecule has 1 aliphatic carbocycles. The summed E-state index contributed by atoms with van der Waals surface area (Å²) >= 11 is 1.31. The lowest BCUT2D eigenvalue weighted by atomic mass is 9.78. The van der Waals surface area contributed by atoms with Crippen molar-refractivity contribution in [3.05, 3.63) is 41.4 Å². The molecule has 0 bridgehead atoms. The molecular formula is C18H19N3O4S. The van der Waals surface area contributed by atoms with E-state index in [2.05, 4.69) is 15.6 Å². The van der Waals surface area contributed by atoms with Gasteiger partial charge in [0.2, 0.25) is 5.91 Å². The topological polar surface area (TPSA) is 108 Å². The second-order valence-corrected chi connectivity index (χ2v) is 7.09. The Kier molecular flexibility index (Phi) is 5.62. The Morgan fingerprint density at radius 3 is 2.58 bits per heavy atom. The molecule has 0 spiro atoms. The molecule has 7 nitrogen and oxygen atoms in total. The van der Waals surface area contributed by atoms with E-state index in [1.54, 1.807) is 35.8 Å². The second-order valence-electron chi connectivity index (χ2n) is 6.20. The fraction of sp³-hybridized carbons (Fsp3) is 0.333. The minimum absolute atomic E-state index is 0.311. The third kappa shape index (κ3) is 4.26. The van der Waals surface area contributed by atoms with Gasteiger partial charge in [0, 0.05) is 22.8 Å². The van der Waals surface area contributed by atoms with Gasteiger partial charge in [0.1, 0.15) is 0 Å². The van der Waals surface area contributed by atoms with Gasteiger partial charge in [-0.1, -0.05) is 18.9 Å². The summed E-state index contributed by atoms with van der Waals surface area (Å²) in [5, 5.41) is 17.0. The number of hydrogen-bond donors (Lipinski definition) is 3. The number of carbonyl (C=O) groups excluding carboxylic acids is 2. The molecule has 3 N–H and O–H groups in total. The zero-order chi connectivity index (χ0) is 18.5. The van der Waals surface area contributed by atoms with Crippen LogP contribution in [0.15, 0.2) is 35.8 Å². The normalized spacial score (nSPS) is 19.5. The number of benzene rings is 1. The SMILES string of the molecule is O=C(Nc1nccs1)c1cccc(NC(=O)[C@H]2CCCC[C@@H]2C(=O)O)c1. The van der Waals surface area contributed by atoms with Gasteiger partial charge in [0.25, 0.3) is 5.91 Å². The summed E-state index contributed by atoms with van der Waals surface area (Å²) in [6.07, 6.45) is 4.35. The van der Waals surface area contributed by atoms with Gasteiger partial charge < -0.3 is 10.4 Å². The molecule has 0 aliphatic heterocycles. The first kappa shape index (κ1) is 18.1. The number of hydrogen-bond acceptors (Lipinski definition) is 5. The van der Waals surface area contributed by atoms with Gasteiger partial charge in [-0.2, -0.15) is 0 Å². The number of anilines is 2. The zero-order valence-corrected chi connectivity index (χ0v) is 14.8. The highest BCUT2D eigenvalue weighted by Crippen LogP contribution is 2.31. The van der Waals surface area contributed by atoms with Crippen LogP contribution in [0.25, 0.3) is 0 Å². The number of rotatable bonds is 5. The standard InChI is InChI=1S/C18H19N3O4S/c22-15(21-18-19-8-9-26-18)11-4-3-5-12(10-11)20-16(23)13-6-1-2-7-14(13)17(24)25/h3-5,8-10,13-14H,1-2,6-7H2,(H,20,23)(H,24,25)(H,19,21,22)/t13-,14-/m0/s1.